The van der Waals surface area contributed by atoms with Crippen molar-refractivity contribution in [2.75, 3.05) is 7.11 Å². The van der Waals surface area contributed by atoms with E-state index in [1.54, 1.807) is 0 Å². The van der Waals surface area contributed by atoms with E-state index in [1.807, 2.05) is 6.07 Å². The molecule has 5 nitrogen and oxygen atoms in total. The summed E-state index contributed by atoms with van der Waals surface area (Å²) in [5, 5.41) is 8.49. The summed E-state index contributed by atoms with van der Waals surface area (Å²) < 4.78 is 5.58. The maximum Gasteiger partial charge on any atom is 0.325 e. The summed E-state index contributed by atoms with van der Waals surface area (Å²) in [6.45, 7) is -0.138. The monoisotopic (exact) mass is 192 g/mol. The zero-order chi connectivity index (χ0) is 10.6. The first-order valence-electron chi connectivity index (χ1n) is 3.85. The molecule has 0 amide bonds. The van der Waals surface area contributed by atoms with Crippen LogP contribution in [0.1, 0.15) is 5.56 Å². The van der Waals surface area contributed by atoms with Crippen molar-refractivity contribution in [1.29, 1.82) is 5.26 Å². The van der Waals surface area contributed by atoms with Gasteiger partial charge in [-0.3, -0.25) is 9.59 Å². The fourth-order valence-corrected chi connectivity index (χ4v) is 0.912. The zero-order valence-corrected chi connectivity index (χ0v) is 7.56. The van der Waals surface area contributed by atoms with Gasteiger partial charge >= 0.3 is 5.97 Å². The molecule has 0 spiro atoms. The summed E-state index contributed by atoms with van der Waals surface area (Å²) in [6, 6.07) is 4.47. The van der Waals surface area contributed by atoms with Gasteiger partial charge in [0.1, 0.15) is 6.54 Å². The van der Waals surface area contributed by atoms with E-state index in [1.165, 1.54) is 30.0 Å². The number of esters is 1. The van der Waals surface area contributed by atoms with Gasteiger partial charge in [-0.2, -0.15) is 5.26 Å². The van der Waals surface area contributed by atoms with Crippen LogP contribution < -0.4 is 5.56 Å². The highest BCUT2D eigenvalue weighted by atomic mass is 16.5. The molecule has 0 aliphatic carbocycles. The van der Waals surface area contributed by atoms with Crippen molar-refractivity contribution < 1.29 is 9.53 Å². The van der Waals surface area contributed by atoms with E-state index in [-0.39, 0.29) is 12.1 Å². The minimum absolute atomic E-state index is 0.138. The van der Waals surface area contributed by atoms with E-state index in [2.05, 4.69) is 4.74 Å². The smallest absolute Gasteiger partial charge is 0.325 e. The molecule has 0 radical (unpaired) electrons. The van der Waals surface area contributed by atoms with Crippen molar-refractivity contribution >= 4 is 5.97 Å². The Balaban J connectivity index is 2.97. The van der Waals surface area contributed by atoms with Crippen LogP contribution >= 0.6 is 0 Å². The summed E-state index contributed by atoms with van der Waals surface area (Å²) >= 11 is 0. The van der Waals surface area contributed by atoms with E-state index in [0.717, 1.165) is 0 Å². The average Bonchev–Trinajstić information content (AvgIpc) is 2.20. The Morgan fingerprint density at radius 2 is 2.43 bits per heavy atom. The van der Waals surface area contributed by atoms with Gasteiger partial charge in [0.25, 0.3) is 5.56 Å². The Bertz CT molecular complexity index is 442. The quantitative estimate of drug-likeness (QED) is 0.613. The first kappa shape index (κ1) is 9.99. The number of nitrogens with zero attached hydrogens (tertiary/aromatic N) is 2. The van der Waals surface area contributed by atoms with Gasteiger partial charge in [0.05, 0.1) is 18.7 Å². The number of carbonyl (C=O) groups excluding carboxylic acids is 1. The number of carbonyl (C=O) groups is 1. The average molecular weight is 192 g/mol. The molecule has 0 unspecified atom stereocenters. The predicted octanol–water partition coefficient (Wildman–Crippen LogP) is -0.107. The molecule has 5 heteroatoms. The van der Waals surface area contributed by atoms with Crippen molar-refractivity contribution in [3.8, 4) is 6.07 Å². The van der Waals surface area contributed by atoms with Crippen molar-refractivity contribution in [2.45, 2.75) is 6.54 Å². The second kappa shape index (κ2) is 4.23. The Hall–Kier alpha value is -2.09. The van der Waals surface area contributed by atoms with Gasteiger partial charge in [-0.25, -0.2) is 0 Å². The van der Waals surface area contributed by atoms with Gasteiger partial charge in [-0.1, -0.05) is 0 Å². The highest BCUT2D eigenvalue weighted by molar-refractivity contribution is 5.68. The molecule has 14 heavy (non-hydrogen) atoms. The summed E-state index contributed by atoms with van der Waals surface area (Å²) in [4.78, 5) is 22.1. The number of rotatable bonds is 2. The molecular weight excluding hydrogens is 184 g/mol. The molecule has 1 aromatic heterocycles. The zero-order valence-electron chi connectivity index (χ0n) is 7.56. The number of methoxy groups -OCH3 is 1. The number of hydrogen-bond donors (Lipinski definition) is 0. The topological polar surface area (TPSA) is 72.1 Å². The van der Waals surface area contributed by atoms with Crippen LogP contribution in [0.4, 0.5) is 0 Å². The number of aromatic nitrogens is 1. The van der Waals surface area contributed by atoms with E-state index >= 15 is 0 Å². The van der Waals surface area contributed by atoms with Crippen LogP contribution in [0.2, 0.25) is 0 Å². The lowest BCUT2D eigenvalue weighted by atomic mass is 10.3. The molecule has 0 aromatic carbocycles. The van der Waals surface area contributed by atoms with Crippen molar-refractivity contribution in [2.24, 2.45) is 0 Å². The van der Waals surface area contributed by atoms with Crippen LogP contribution in [0, 0.1) is 11.3 Å². The van der Waals surface area contributed by atoms with Crippen LogP contribution in [-0.2, 0) is 16.1 Å². The molecular formula is C9H8N2O3. The fraction of sp³-hybridized carbons (Fsp3) is 0.222. The lowest BCUT2D eigenvalue weighted by Crippen LogP contribution is -2.23. The van der Waals surface area contributed by atoms with Crippen LogP contribution in [0.5, 0.6) is 0 Å². The molecule has 0 aliphatic heterocycles. The minimum atomic E-state index is -0.503. The van der Waals surface area contributed by atoms with Crippen molar-refractivity contribution in [3.63, 3.8) is 0 Å². The fourth-order valence-electron chi connectivity index (χ4n) is 0.912. The Morgan fingerprint density at radius 1 is 1.71 bits per heavy atom. The normalized spacial score (nSPS) is 9.14. The number of ether oxygens (including phenoxy) is 1. The standard InChI is InChI=1S/C9H8N2O3/c1-14-9(13)6-11-3-2-7(5-10)4-8(11)12/h2-4H,6H2,1H3. The highest BCUT2D eigenvalue weighted by Gasteiger charge is 2.03. The summed E-state index contributed by atoms with van der Waals surface area (Å²) in [7, 11) is 1.25. The summed E-state index contributed by atoms with van der Waals surface area (Å²) in [5.41, 5.74) is -0.120. The lowest BCUT2D eigenvalue weighted by molar-refractivity contribution is -0.141. The van der Waals surface area contributed by atoms with Crippen molar-refractivity contribution in [1.82, 2.24) is 4.57 Å². The van der Waals surface area contributed by atoms with Gasteiger partial charge in [-0.05, 0) is 6.07 Å². The van der Waals surface area contributed by atoms with Crippen molar-refractivity contribution in [3.05, 3.63) is 34.2 Å². The van der Waals surface area contributed by atoms with E-state index in [4.69, 9.17) is 5.26 Å². The number of nitriles is 1. The number of pyridine rings is 1. The SMILES string of the molecule is COC(=O)Cn1ccc(C#N)cc1=O. The molecule has 0 atom stereocenters. The van der Waals surface area contributed by atoms with Gasteiger partial charge < -0.3 is 9.30 Å². The molecule has 1 rings (SSSR count). The lowest BCUT2D eigenvalue weighted by Gasteiger charge is -2.02. The van der Waals surface area contributed by atoms with E-state index in [9.17, 15) is 9.59 Å². The summed E-state index contributed by atoms with van der Waals surface area (Å²) in [6.07, 6.45) is 1.39. The van der Waals surface area contributed by atoms with E-state index < -0.39 is 11.5 Å². The third-order valence-electron chi connectivity index (χ3n) is 1.65. The second-order valence-electron chi connectivity index (χ2n) is 2.57. The number of hydrogen-bond acceptors (Lipinski definition) is 4. The molecule has 0 aliphatic rings. The Morgan fingerprint density at radius 3 is 2.93 bits per heavy atom. The molecule has 0 fully saturated rings. The molecule has 0 N–H and O–H groups in total. The first-order valence-corrected chi connectivity index (χ1v) is 3.85. The van der Waals surface area contributed by atoms with E-state index in [0.29, 0.717) is 0 Å². The highest BCUT2D eigenvalue weighted by Crippen LogP contribution is 1.91. The molecule has 0 saturated carbocycles. The maximum atomic E-state index is 11.3. The van der Waals surface area contributed by atoms with Crippen LogP contribution in [0.15, 0.2) is 23.1 Å². The third-order valence-corrected chi connectivity index (χ3v) is 1.65. The molecule has 0 saturated heterocycles. The van der Waals surface area contributed by atoms with Gasteiger partial charge in [-0.15, -0.1) is 0 Å². The molecule has 0 bridgehead atoms. The predicted molar refractivity (Wildman–Crippen MR) is 47.4 cm³/mol. The maximum absolute atomic E-state index is 11.3. The first-order chi connectivity index (χ1) is 6.67. The molecule has 1 aromatic rings. The van der Waals surface area contributed by atoms with Gasteiger partial charge in [0.2, 0.25) is 0 Å². The van der Waals surface area contributed by atoms with Gasteiger partial charge in [0, 0.05) is 12.3 Å². The summed E-state index contributed by atoms with van der Waals surface area (Å²) in [5.74, 6) is -0.503. The Kier molecular flexibility index (Phi) is 3.02. The Labute approximate surface area is 80.1 Å². The van der Waals surface area contributed by atoms with Crippen LogP contribution in [0.3, 0.4) is 0 Å². The van der Waals surface area contributed by atoms with Gasteiger partial charge in [0.15, 0.2) is 0 Å². The molecule has 1 heterocycles. The van der Waals surface area contributed by atoms with Crippen LogP contribution in [-0.4, -0.2) is 17.6 Å². The van der Waals surface area contributed by atoms with Crippen LogP contribution in [0.25, 0.3) is 0 Å². The largest absolute Gasteiger partial charge is 0.468 e. The second-order valence-corrected chi connectivity index (χ2v) is 2.57. The third kappa shape index (κ3) is 2.20. The minimum Gasteiger partial charge on any atom is -0.468 e. The molecule has 72 valence electrons.